The number of quaternary nitrogens is 1. The highest BCUT2D eigenvalue weighted by Crippen LogP contribution is 2.43. The lowest BCUT2D eigenvalue weighted by Crippen LogP contribution is -2.45. The summed E-state index contributed by atoms with van der Waals surface area (Å²) in [4.78, 5) is 35.3. The first-order chi connectivity index (χ1) is 25.9. The smallest absolute Gasteiger partial charge is 0.387 e. The molecule has 0 aromatic heterocycles. The van der Waals surface area contributed by atoms with Gasteiger partial charge in [-0.25, -0.2) is 4.57 Å². The highest BCUT2D eigenvalue weighted by Gasteiger charge is 2.27. The number of aliphatic hydroxyl groups excluding tert-OH is 1. The minimum Gasteiger partial charge on any atom is -0.387 e. The topological polar surface area (TPSA) is 122 Å². The standard InChI is InChI=1S/C44H79N2O7P/c1-6-8-10-12-14-16-18-20-22-24-26-28-30-32-36-43(48)42(40-53-54(50,51)52-39-38-46(3,4)5)45-44(49)37-33-35-41(47)34-31-29-27-25-23-21-19-17-15-13-11-9-7-2/h15,17,21,23,27,29,31-32,34,36,42-43,48H,6-14,16,18-20,22,24-26,28,30,33,35,37-40H2,1-5H3,(H-,45,49,50,51)/p+1/b17-15-,23-21-,29-27-,34-31+,36-32+/t42-,43+/m0/s1. The number of allylic oxidation sites excluding steroid dienone is 9. The number of nitrogens with one attached hydrogen (secondary N) is 1. The van der Waals surface area contributed by atoms with Gasteiger partial charge >= 0.3 is 7.82 Å². The number of rotatable bonds is 37. The van der Waals surface area contributed by atoms with Crippen LogP contribution in [0.3, 0.4) is 0 Å². The molecule has 0 aromatic carbocycles. The third-order valence-corrected chi connectivity index (χ3v) is 9.94. The summed E-state index contributed by atoms with van der Waals surface area (Å²) in [6.45, 7) is 4.56. The Labute approximate surface area is 330 Å². The Morgan fingerprint density at radius 1 is 0.685 bits per heavy atom. The van der Waals surface area contributed by atoms with Crippen LogP contribution in [-0.4, -0.2) is 79.2 Å². The van der Waals surface area contributed by atoms with Crippen LogP contribution in [0.4, 0.5) is 0 Å². The minimum absolute atomic E-state index is 0.0161. The Morgan fingerprint density at radius 2 is 1.22 bits per heavy atom. The van der Waals surface area contributed by atoms with Gasteiger partial charge in [0.2, 0.25) is 5.91 Å². The van der Waals surface area contributed by atoms with E-state index in [1.807, 2.05) is 39.4 Å². The number of likely N-dealkylation sites (N-methyl/N-ethyl adjacent to an activating group) is 1. The van der Waals surface area contributed by atoms with Gasteiger partial charge in [-0.1, -0.05) is 152 Å². The van der Waals surface area contributed by atoms with E-state index in [1.54, 1.807) is 12.2 Å². The average Bonchev–Trinajstić information content (AvgIpc) is 3.11. The third-order valence-electron chi connectivity index (χ3n) is 8.96. The largest absolute Gasteiger partial charge is 0.472 e. The highest BCUT2D eigenvalue weighted by molar-refractivity contribution is 7.47. The van der Waals surface area contributed by atoms with E-state index in [0.717, 1.165) is 38.5 Å². The van der Waals surface area contributed by atoms with Crippen LogP contribution >= 0.6 is 7.82 Å². The molecule has 9 nitrogen and oxygen atoms in total. The Bertz CT molecular complexity index is 1130. The van der Waals surface area contributed by atoms with Crippen molar-refractivity contribution in [3.8, 4) is 0 Å². The zero-order valence-electron chi connectivity index (χ0n) is 34.9. The van der Waals surface area contributed by atoms with E-state index in [9.17, 15) is 24.2 Å². The first-order valence-corrected chi connectivity index (χ1v) is 22.6. The number of aliphatic hydroxyl groups is 1. The maximum absolute atomic E-state index is 12.8. The molecule has 1 amide bonds. The molecule has 0 aliphatic rings. The van der Waals surface area contributed by atoms with Crippen LogP contribution in [0.25, 0.3) is 0 Å². The molecule has 312 valence electrons. The fourth-order valence-corrected chi connectivity index (χ4v) is 6.26. The second kappa shape index (κ2) is 35.3. The van der Waals surface area contributed by atoms with E-state index in [-0.39, 0.29) is 31.1 Å². The molecule has 0 aliphatic carbocycles. The molecular weight excluding hydrogens is 699 g/mol. The van der Waals surface area contributed by atoms with Crippen molar-refractivity contribution in [3.05, 3.63) is 60.8 Å². The molecule has 0 bridgehead atoms. The Kier molecular flexibility index (Phi) is 33.9. The molecule has 0 saturated carbocycles. The number of phosphoric ester groups is 1. The van der Waals surface area contributed by atoms with Crippen molar-refractivity contribution < 1.29 is 37.7 Å². The summed E-state index contributed by atoms with van der Waals surface area (Å²) in [5.41, 5.74) is 0. The first kappa shape index (κ1) is 51.9. The van der Waals surface area contributed by atoms with Crippen LogP contribution in [-0.2, 0) is 23.2 Å². The molecular formula is C44H80N2O7P+. The second-order valence-electron chi connectivity index (χ2n) is 15.4. The van der Waals surface area contributed by atoms with Crippen LogP contribution in [0.1, 0.15) is 155 Å². The van der Waals surface area contributed by atoms with Gasteiger partial charge in [0.05, 0.1) is 39.9 Å². The van der Waals surface area contributed by atoms with Gasteiger partial charge in [0.25, 0.3) is 0 Å². The normalized spacial score (nSPS) is 14.9. The molecule has 0 fully saturated rings. The minimum atomic E-state index is -4.40. The molecule has 0 rings (SSSR count). The molecule has 0 aromatic rings. The van der Waals surface area contributed by atoms with Gasteiger partial charge in [-0.3, -0.25) is 18.6 Å². The van der Waals surface area contributed by atoms with Crippen molar-refractivity contribution in [2.24, 2.45) is 0 Å². The highest BCUT2D eigenvalue weighted by atomic mass is 31.2. The molecule has 3 atom stereocenters. The van der Waals surface area contributed by atoms with Crippen molar-refractivity contribution >= 4 is 19.5 Å². The molecule has 3 N–H and O–H groups in total. The summed E-state index contributed by atoms with van der Waals surface area (Å²) in [5, 5.41) is 13.6. The third kappa shape index (κ3) is 36.8. The number of carbonyl (C=O) groups excluding carboxylic acids is 2. The number of ketones is 1. The van der Waals surface area contributed by atoms with E-state index in [1.165, 1.54) is 89.5 Å². The monoisotopic (exact) mass is 780 g/mol. The van der Waals surface area contributed by atoms with Gasteiger partial charge < -0.3 is 19.8 Å². The number of carbonyl (C=O) groups is 2. The number of hydrogen-bond acceptors (Lipinski definition) is 6. The number of nitrogens with zero attached hydrogens (tertiary/aromatic N) is 1. The summed E-state index contributed by atoms with van der Waals surface area (Å²) in [7, 11) is 1.42. The van der Waals surface area contributed by atoms with E-state index < -0.39 is 26.6 Å². The molecule has 10 heteroatoms. The lowest BCUT2D eigenvalue weighted by molar-refractivity contribution is -0.870. The van der Waals surface area contributed by atoms with Gasteiger partial charge in [0.15, 0.2) is 5.78 Å². The maximum Gasteiger partial charge on any atom is 0.472 e. The second-order valence-corrected chi connectivity index (χ2v) is 16.9. The molecule has 0 aliphatic heterocycles. The average molecular weight is 780 g/mol. The quantitative estimate of drug-likeness (QED) is 0.0143. The molecule has 0 radical (unpaired) electrons. The molecule has 1 unspecified atom stereocenters. The fourth-order valence-electron chi connectivity index (χ4n) is 5.52. The van der Waals surface area contributed by atoms with Crippen molar-refractivity contribution in [2.45, 2.75) is 167 Å². The van der Waals surface area contributed by atoms with Crippen LogP contribution in [0, 0.1) is 0 Å². The zero-order chi connectivity index (χ0) is 40.2. The lowest BCUT2D eigenvalue weighted by Gasteiger charge is -2.25. The van der Waals surface area contributed by atoms with E-state index >= 15 is 0 Å². The van der Waals surface area contributed by atoms with Crippen molar-refractivity contribution in [1.29, 1.82) is 0 Å². The SMILES string of the molecule is CCCCC/C=C\C/C=C\C/C=C\C=C\C(=O)CCCC(=O)N[C@@H](COP(=O)(O)OCC[N+](C)(C)C)[C@H](O)/C=C/CCCCCCCCCCCCCC. The van der Waals surface area contributed by atoms with Crippen molar-refractivity contribution in [3.63, 3.8) is 0 Å². The molecule has 0 spiro atoms. The van der Waals surface area contributed by atoms with E-state index in [0.29, 0.717) is 17.4 Å². The Hall–Kier alpha value is -2.13. The predicted octanol–water partition coefficient (Wildman–Crippen LogP) is 10.6. The summed E-state index contributed by atoms with van der Waals surface area (Å²) in [6, 6.07) is -0.963. The molecule has 54 heavy (non-hydrogen) atoms. The number of phosphoric acid groups is 1. The summed E-state index contributed by atoms with van der Waals surface area (Å²) in [5.74, 6) is -0.459. The fraction of sp³-hybridized carbons (Fsp3) is 0.727. The van der Waals surface area contributed by atoms with Gasteiger partial charge in [-0.2, -0.15) is 0 Å². The number of unbranched alkanes of at least 4 members (excludes halogenated alkanes) is 15. The van der Waals surface area contributed by atoms with Crippen LogP contribution < -0.4 is 5.32 Å². The van der Waals surface area contributed by atoms with Gasteiger partial charge in [0.1, 0.15) is 13.2 Å². The lowest BCUT2D eigenvalue weighted by atomic mass is 10.0. The van der Waals surface area contributed by atoms with Crippen LogP contribution in [0.2, 0.25) is 0 Å². The van der Waals surface area contributed by atoms with Crippen molar-refractivity contribution in [2.75, 3.05) is 40.9 Å². The number of hydrogen-bond donors (Lipinski definition) is 3. The summed E-state index contributed by atoms with van der Waals surface area (Å²) >= 11 is 0. The maximum atomic E-state index is 12.8. The molecule has 0 heterocycles. The van der Waals surface area contributed by atoms with Crippen LogP contribution in [0.5, 0.6) is 0 Å². The van der Waals surface area contributed by atoms with E-state index in [4.69, 9.17) is 9.05 Å². The Morgan fingerprint density at radius 3 is 1.85 bits per heavy atom. The van der Waals surface area contributed by atoms with Gasteiger partial charge in [-0.15, -0.1) is 0 Å². The van der Waals surface area contributed by atoms with Crippen LogP contribution in [0.15, 0.2) is 60.8 Å². The first-order valence-electron chi connectivity index (χ1n) is 21.1. The Balaban J connectivity index is 4.71. The van der Waals surface area contributed by atoms with Gasteiger partial charge in [0, 0.05) is 12.8 Å². The zero-order valence-corrected chi connectivity index (χ0v) is 35.8. The summed E-state index contributed by atoms with van der Waals surface area (Å²) in [6.07, 6.45) is 41.4. The predicted molar refractivity (Wildman–Crippen MR) is 226 cm³/mol. The van der Waals surface area contributed by atoms with Crippen molar-refractivity contribution in [1.82, 2.24) is 5.32 Å². The van der Waals surface area contributed by atoms with E-state index in [2.05, 4.69) is 43.5 Å². The summed E-state index contributed by atoms with van der Waals surface area (Å²) < 4.78 is 23.4. The van der Waals surface area contributed by atoms with Gasteiger partial charge in [-0.05, 0) is 51.0 Å². The number of amides is 1. The molecule has 0 saturated heterocycles.